The summed E-state index contributed by atoms with van der Waals surface area (Å²) < 4.78 is 74.4. The first-order valence-electron chi connectivity index (χ1n) is 5.24. The van der Waals surface area contributed by atoms with Crippen molar-refractivity contribution in [3.8, 4) is 0 Å². The molecule has 0 aromatic heterocycles. The zero-order valence-corrected chi connectivity index (χ0v) is 12.3. The van der Waals surface area contributed by atoms with Crippen molar-refractivity contribution in [3.63, 3.8) is 0 Å². The highest BCUT2D eigenvalue weighted by Crippen LogP contribution is 2.25. The maximum absolute atomic E-state index is 12.7. The maximum atomic E-state index is 12.7. The van der Waals surface area contributed by atoms with E-state index in [4.69, 9.17) is 5.73 Å². The minimum Gasteiger partial charge on any atom is -0.326 e. The van der Waals surface area contributed by atoms with Crippen molar-refractivity contribution < 1.29 is 26.0 Å². The average molecular weight is 379 g/mol. The third kappa shape index (κ3) is 4.14. The molecule has 10 heteroatoms. The molecular weight excluding hydrogens is 368 g/mol. The molecule has 0 aliphatic carbocycles. The van der Waals surface area contributed by atoms with E-state index in [1.807, 2.05) is 0 Å². The van der Waals surface area contributed by atoms with Gasteiger partial charge in [-0.2, -0.15) is 8.78 Å². The zero-order valence-electron chi connectivity index (χ0n) is 9.92. The Labute approximate surface area is 121 Å². The molecular formula is C10H11BrF4N2O2S. The van der Waals surface area contributed by atoms with Gasteiger partial charge in [-0.05, 0) is 33.6 Å². The predicted molar refractivity (Wildman–Crippen MR) is 68.2 cm³/mol. The van der Waals surface area contributed by atoms with Crippen molar-refractivity contribution in [1.29, 1.82) is 0 Å². The third-order valence-electron chi connectivity index (χ3n) is 2.34. The fraction of sp³-hybridized carbons (Fsp3) is 0.400. The molecule has 0 spiro atoms. The van der Waals surface area contributed by atoms with Crippen LogP contribution in [0.15, 0.2) is 27.6 Å². The SMILES string of the molecule is NCc1ccc(S(=O)(=O)NCC(F)(F)C(F)F)c(Br)c1. The topological polar surface area (TPSA) is 72.2 Å². The summed E-state index contributed by atoms with van der Waals surface area (Å²) in [6.45, 7) is -1.52. The quantitative estimate of drug-likeness (QED) is 0.744. The summed E-state index contributed by atoms with van der Waals surface area (Å²) in [6.07, 6.45) is -3.95. The molecule has 1 aromatic rings. The second-order valence-electron chi connectivity index (χ2n) is 3.86. The molecule has 1 aromatic carbocycles. The molecule has 20 heavy (non-hydrogen) atoms. The Kier molecular flexibility index (Phi) is 5.53. The minimum absolute atomic E-state index is 0.105. The molecule has 0 heterocycles. The molecule has 1 rings (SSSR count). The lowest BCUT2D eigenvalue weighted by Gasteiger charge is -2.16. The van der Waals surface area contributed by atoms with Gasteiger partial charge in [0.05, 0.1) is 11.4 Å². The number of nitrogens with one attached hydrogen (secondary N) is 1. The van der Waals surface area contributed by atoms with Gasteiger partial charge in [0.2, 0.25) is 10.0 Å². The molecule has 0 unspecified atom stereocenters. The monoisotopic (exact) mass is 378 g/mol. The van der Waals surface area contributed by atoms with Gasteiger partial charge in [-0.25, -0.2) is 21.9 Å². The molecule has 0 bridgehead atoms. The van der Waals surface area contributed by atoms with E-state index < -0.39 is 28.9 Å². The summed E-state index contributed by atoms with van der Waals surface area (Å²) in [6, 6.07) is 3.94. The van der Waals surface area contributed by atoms with E-state index in [9.17, 15) is 26.0 Å². The van der Waals surface area contributed by atoms with Gasteiger partial charge in [0, 0.05) is 11.0 Å². The smallest absolute Gasteiger partial charge is 0.320 e. The zero-order chi connectivity index (χ0) is 15.6. The van der Waals surface area contributed by atoms with Crippen molar-refractivity contribution >= 4 is 26.0 Å². The van der Waals surface area contributed by atoms with Crippen molar-refractivity contribution in [1.82, 2.24) is 4.72 Å². The van der Waals surface area contributed by atoms with E-state index in [1.54, 1.807) is 0 Å². The molecule has 3 N–H and O–H groups in total. The number of hydrogen-bond acceptors (Lipinski definition) is 3. The summed E-state index contributed by atoms with van der Waals surface area (Å²) in [5, 5.41) is 0. The number of rotatable bonds is 6. The number of sulfonamides is 1. The molecule has 0 aliphatic heterocycles. The maximum Gasteiger partial charge on any atom is 0.320 e. The van der Waals surface area contributed by atoms with Crippen molar-refractivity contribution in [2.24, 2.45) is 5.73 Å². The lowest BCUT2D eigenvalue weighted by Crippen LogP contribution is -2.41. The summed E-state index contributed by atoms with van der Waals surface area (Å²) in [5.41, 5.74) is 5.98. The second kappa shape index (κ2) is 6.37. The van der Waals surface area contributed by atoms with Gasteiger partial charge in [-0.3, -0.25) is 0 Å². The second-order valence-corrected chi connectivity index (χ2v) is 6.44. The fourth-order valence-corrected chi connectivity index (χ4v) is 3.40. The van der Waals surface area contributed by atoms with E-state index in [0.29, 0.717) is 5.56 Å². The molecule has 0 saturated carbocycles. The molecule has 0 saturated heterocycles. The first-order chi connectivity index (χ1) is 9.10. The van der Waals surface area contributed by atoms with Gasteiger partial charge in [0.1, 0.15) is 0 Å². The van der Waals surface area contributed by atoms with Gasteiger partial charge in [0.25, 0.3) is 0 Å². The number of nitrogens with two attached hydrogens (primary N) is 1. The van der Waals surface area contributed by atoms with Crippen LogP contribution in [0.5, 0.6) is 0 Å². The first kappa shape index (κ1) is 17.3. The Morgan fingerprint density at radius 3 is 2.40 bits per heavy atom. The Balaban J connectivity index is 2.95. The van der Waals surface area contributed by atoms with Crippen LogP contribution in [-0.4, -0.2) is 27.3 Å². The largest absolute Gasteiger partial charge is 0.326 e. The lowest BCUT2D eigenvalue weighted by molar-refractivity contribution is -0.122. The molecule has 0 amide bonds. The van der Waals surface area contributed by atoms with E-state index in [1.165, 1.54) is 16.9 Å². The van der Waals surface area contributed by atoms with Crippen LogP contribution < -0.4 is 10.5 Å². The van der Waals surface area contributed by atoms with Crippen LogP contribution in [0.3, 0.4) is 0 Å². The van der Waals surface area contributed by atoms with Gasteiger partial charge in [-0.1, -0.05) is 6.07 Å². The summed E-state index contributed by atoms with van der Waals surface area (Å²) in [7, 11) is -4.33. The Bertz CT molecular complexity index is 581. The van der Waals surface area contributed by atoms with Gasteiger partial charge < -0.3 is 5.73 Å². The predicted octanol–water partition coefficient (Wildman–Crippen LogP) is 2.09. The molecule has 4 nitrogen and oxygen atoms in total. The minimum atomic E-state index is -4.43. The van der Waals surface area contributed by atoms with Crippen molar-refractivity contribution in [3.05, 3.63) is 28.2 Å². The van der Waals surface area contributed by atoms with E-state index in [0.717, 1.165) is 6.07 Å². The highest BCUT2D eigenvalue weighted by atomic mass is 79.9. The van der Waals surface area contributed by atoms with Crippen LogP contribution in [0, 0.1) is 0 Å². The van der Waals surface area contributed by atoms with E-state index >= 15 is 0 Å². The normalized spacial score (nSPS) is 12.9. The number of hydrogen-bond donors (Lipinski definition) is 2. The Morgan fingerprint density at radius 1 is 1.35 bits per heavy atom. The van der Waals surface area contributed by atoms with Gasteiger partial charge in [-0.15, -0.1) is 0 Å². The van der Waals surface area contributed by atoms with Crippen molar-refractivity contribution in [2.45, 2.75) is 23.8 Å². The van der Waals surface area contributed by atoms with Crippen LogP contribution in [0.1, 0.15) is 5.56 Å². The van der Waals surface area contributed by atoms with Crippen molar-refractivity contribution in [2.75, 3.05) is 6.54 Å². The molecule has 0 aliphatic rings. The van der Waals surface area contributed by atoms with Crippen LogP contribution >= 0.6 is 15.9 Å². The summed E-state index contributed by atoms with van der Waals surface area (Å²) in [5.74, 6) is -4.43. The highest BCUT2D eigenvalue weighted by molar-refractivity contribution is 9.10. The lowest BCUT2D eigenvalue weighted by atomic mass is 10.2. The first-order valence-corrected chi connectivity index (χ1v) is 7.52. The highest BCUT2D eigenvalue weighted by Gasteiger charge is 2.41. The summed E-state index contributed by atoms with van der Waals surface area (Å²) >= 11 is 2.96. The Hall–Kier alpha value is -0.710. The van der Waals surface area contributed by atoms with E-state index in [-0.39, 0.29) is 15.9 Å². The fourth-order valence-electron chi connectivity index (χ4n) is 1.24. The Morgan fingerprint density at radius 2 is 1.95 bits per heavy atom. The number of halogens is 5. The average Bonchev–Trinajstić information content (AvgIpc) is 2.36. The van der Waals surface area contributed by atoms with Crippen LogP contribution in [0.25, 0.3) is 0 Å². The van der Waals surface area contributed by atoms with E-state index in [2.05, 4.69) is 15.9 Å². The number of alkyl halides is 4. The van der Waals surface area contributed by atoms with Gasteiger partial charge in [0.15, 0.2) is 0 Å². The number of benzene rings is 1. The van der Waals surface area contributed by atoms with Crippen LogP contribution in [-0.2, 0) is 16.6 Å². The third-order valence-corrected chi connectivity index (χ3v) is 4.72. The summed E-state index contributed by atoms with van der Waals surface area (Å²) in [4.78, 5) is -0.334. The molecule has 0 fully saturated rings. The molecule has 0 radical (unpaired) electrons. The van der Waals surface area contributed by atoms with Gasteiger partial charge >= 0.3 is 12.3 Å². The standard InChI is InChI=1S/C10H11BrF4N2O2S/c11-7-3-6(4-16)1-2-8(7)20(18,19)17-5-10(14,15)9(12)13/h1-3,9,17H,4-5,16H2. The molecule has 0 atom stereocenters. The molecule has 114 valence electrons. The van der Waals surface area contributed by atoms with Crippen LogP contribution in [0.4, 0.5) is 17.6 Å². The van der Waals surface area contributed by atoms with Crippen LogP contribution in [0.2, 0.25) is 0 Å².